The van der Waals surface area contributed by atoms with Gasteiger partial charge in [-0.2, -0.15) is 0 Å². The summed E-state index contributed by atoms with van der Waals surface area (Å²) in [6, 6.07) is 14.4. The summed E-state index contributed by atoms with van der Waals surface area (Å²) in [7, 11) is 0. The summed E-state index contributed by atoms with van der Waals surface area (Å²) in [4.78, 5) is 39.9. The number of nitrogens with zero attached hydrogens (tertiary/aromatic N) is 2. The maximum atomic E-state index is 12.6. The molecule has 7 nitrogen and oxygen atoms in total. The molecule has 1 unspecified atom stereocenters. The molecule has 0 N–H and O–H groups in total. The zero-order valence-electron chi connectivity index (χ0n) is 16.0. The molecule has 0 aromatic heterocycles. The predicted octanol–water partition coefficient (Wildman–Crippen LogP) is 3.76. The second-order valence-electron chi connectivity index (χ2n) is 6.86. The molecule has 2 heterocycles. The van der Waals surface area contributed by atoms with Gasteiger partial charge in [-0.25, -0.2) is 0 Å². The molecule has 0 saturated carbocycles. The lowest BCUT2D eigenvalue weighted by Gasteiger charge is -2.29. The van der Waals surface area contributed by atoms with Crippen molar-refractivity contribution >= 4 is 39.6 Å². The Morgan fingerprint density at radius 3 is 2.73 bits per heavy atom. The SMILES string of the molecule is O=C1SC(=O)N(Cc2ccccc2)C1OCCCN1COc2ccc(Cl)cc2C1=O. The second-order valence-corrected chi connectivity index (χ2v) is 8.25. The van der Waals surface area contributed by atoms with E-state index in [4.69, 9.17) is 21.1 Å². The average Bonchev–Trinajstić information content (AvgIpc) is 3.00. The van der Waals surface area contributed by atoms with Crippen LogP contribution in [-0.4, -0.2) is 52.2 Å². The molecule has 2 aromatic carbocycles. The van der Waals surface area contributed by atoms with Crippen molar-refractivity contribution in [1.82, 2.24) is 9.80 Å². The van der Waals surface area contributed by atoms with Gasteiger partial charge in [0.25, 0.3) is 11.1 Å². The predicted molar refractivity (Wildman–Crippen MR) is 112 cm³/mol. The standard InChI is InChI=1S/C21H19ClN2O5S/c22-15-7-8-17-16(11-15)18(25)23(13-29-17)9-4-10-28-19-20(26)30-21(27)24(19)12-14-5-2-1-3-6-14/h1-3,5-8,11,19H,4,9-10,12-13H2. The minimum Gasteiger partial charge on any atom is -0.472 e. The van der Waals surface area contributed by atoms with Crippen molar-refractivity contribution in [3.8, 4) is 5.75 Å². The Hall–Kier alpha value is -2.55. The molecule has 0 radical (unpaired) electrons. The van der Waals surface area contributed by atoms with E-state index in [2.05, 4.69) is 0 Å². The van der Waals surface area contributed by atoms with Crippen LogP contribution in [0.4, 0.5) is 4.79 Å². The summed E-state index contributed by atoms with van der Waals surface area (Å²) in [5, 5.41) is -0.171. The molecule has 0 bridgehead atoms. The molecule has 2 amide bonds. The third kappa shape index (κ3) is 4.45. The Kier molecular flexibility index (Phi) is 6.26. The first-order valence-corrected chi connectivity index (χ1v) is 10.6. The molecular weight excluding hydrogens is 428 g/mol. The van der Waals surface area contributed by atoms with E-state index < -0.39 is 6.23 Å². The number of fused-ring (bicyclic) bond motifs is 1. The van der Waals surface area contributed by atoms with Gasteiger partial charge in [0.1, 0.15) is 5.75 Å². The fourth-order valence-corrected chi connectivity index (χ4v) is 4.21. The number of hydrogen-bond donors (Lipinski definition) is 0. The van der Waals surface area contributed by atoms with E-state index >= 15 is 0 Å². The van der Waals surface area contributed by atoms with Crippen molar-refractivity contribution in [3.05, 3.63) is 64.7 Å². The zero-order chi connectivity index (χ0) is 21.1. The highest BCUT2D eigenvalue weighted by molar-refractivity contribution is 8.26. The number of amides is 2. The van der Waals surface area contributed by atoms with Crippen molar-refractivity contribution in [3.63, 3.8) is 0 Å². The Labute approximate surface area is 182 Å². The quantitative estimate of drug-likeness (QED) is 0.603. The van der Waals surface area contributed by atoms with Crippen LogP contribution in [0, 0.1) is 0 Å². The van der Waals surface area contributed by atoms with Gasteiger partial charge in [-0.15, -0.1) is 0 Å². The Bertz CT molecular complexity index is 971. The maximum absolute atomic E-state index is 12.6. The van der Waals surface area contributed by atoms with Crippen molar-refractivity contribution in [2.75, 3.05) is 19.9 Å². The van der Waals surface area contributed by atoms with E-state index in [1.165, 1.54) is 4.90 Å². The van der Waals surface area contributed by atoms with Gasteiger partial charge >= 0.3 is 0 Å². The molecule has 2 aromatic rings. The third-order valence-corrected chi connectivity index (χ3v) is 5.83. The van der Waals surface area contributed by atoms with Gasteiger partial charge in [-0.1, -0.05) is 41.9 Å². The summed E-state index contributed by atoms with van der Waals surface area (Å²) in [6.07, 6.45) is -0.428. The first-order chi connectivity index (χ1) is 14.5. The Morgan fingerprint density at radius 1 is 1.13 bits per heavy atom. The molecule has 30 heavy (non-hydrogen) atoms. The maximum Gasteiger partial charge on any atom is 0.292 e. The summed E-state index contributed by atoms with van der Waals surface area (Å²) >= 11 is 6.64. The molecule has 1 fully saturated rings. The lowest BCUT2D eigenvalue weighted by molar-refractivity contribution is -0.129. The molecule has 9 heteroatoms. The highest BCUT2D eigenvalue weighted by Gasteiger charge is 2.40. The highest BCUT2D eigenvalue weighted by Crippen LogP contribution is 2.29. The Balaban J connectivity index is 1.31. The first kappa shape index (κ1) is 20.7. The number of rotatable bonds is 7. The van der Waals surface area contributed by atoms with E-state index in [-0.39, 0.29) is 29.6 Å². The fraction of sp³-hybridized carbons (Fsp3) is 0.286. The molecular formula is C21H19ClN2O5S. The number of carbonyl (C=O) groups is 3. The monoisotopic (exact) mass is 446 g/mol. The lowest BCUT2D eigenvalue weighted by Crippen LogP contribution is -2.40. The van der Waals surface area contributed by atoms with E-state index in [0.717, 1.165) is 5.56 Å². The van der Waals surface area contributed by atoms with Gasteiger partial charge in [0.05, 0.1) is 12.2 Å². The van der Waals surface area contributed by atoms with E-state index in [0.29, 0.717) is 47.6 Å². The number of hydrogen-bond acceptors (Lipinski definition) is 6. The zero-order valence-corrected chi connectivity index (χ0v) is 17.5. The Morgan fingerprint density at radius 2 is 1.93 bits per heavy atom. The summed E-state index contributed by atoms with van der Waals surface area (Å²) < 4.78 is 11.3. The van der Waals surface area contributed by atoms with Gasteiger partial charge < -0.3 is 14.4 Å². The summed E-state index contributed by atoms with van der Waals surface area (Å²) in [6.45, 7) is 1.07. The van der Waals surface area contributed by atoms with Gasteiger partial charge in [0.2, 0.25) is 11.3 Å². The molecule has 0 aliphatic carbocycles. The van der Waals surface area contributed by atoms with Crippen LogP contribution in [0.2, 0.25) is 5.02 Å². The molecule has 1 atom stereocenters. The molecule has 2 aliphatic rings. The number of thioether (sulfide) groups is 1. The number of benzene rings is 2. The van der Waals surface area contributed by atoms with E-state index in [9.17, 15) is 14.4 Å². The second kappa shape index (κ2) is 9.07. The highest BCUT2D eigenvalue weighted by atomic mass is 35.5. The molecule has 1 saturated heterocycles. The topological polar surface area (TPSA) is 76.2 Å². The van der Waals surface area contributed by atoms with Crippen LogP contribution < -0.4 is 4.74 Å². The van der Waals surface area contributed by atoms with Crippen LogP contribution >= 0.6 is 23.4 Å². The summed E-state index contributed by atoms with van der Waals surface area (Å²) in [5.74, 6) is 0.354. The van der Waals surface area contributed by atoms with Gasteiger partial charge in [-0.3, -0.25) is 19.3 Å². The number of ether oxygens (including phenoxy) is 2. The first-order valence-electron chi connectivity index (χ1n) is 9.42. The van der Waals surface area contributed by atoms with Crippen LogP contribution in [0.25, 0.3) is 0 Å². The van der Waals surface area contributed by atoms with Crippen LogP contribution in [0.1, 0.15) is 22.3 Å². The largest absolute Gasteiger partial charge is 0.472 e. The van der Waals surface area contributed by atoms with Crippen LogP contribution in [0.3, 0.4) is 0 Å². The minimum absolute atomic E-state index is 0.143. The molecule has 2 aliphatic heterocycles. The van der Waals surface area contributed by atoms with Crippen LogP contribution in [0.5, 0.6) is 5.75 Å². The smallest absolute Gasteiger partial charge is 0.292 e. The van der Waals surface area contributed by atoms with Crippen molar-refractivity contribution in [2.24, 2.45) is 0 Å². The van der Waals surface area contributed by atoms with Gasteiger partial charge in [0, 0.05) is 29.9 Å². The van der Waals surface area contributed by atoms with Gasteiger partial charge in [-0.05, 0) is 30.2 Å². The number of halogens is 1. The summed E-state index contributed by atoms with van der Waals surface area (Å²) in [5.41, 5.74) is 1.35. The molecule has 156 valence electrons. The van der Waals surface area contributed by atoms with Crippen molar-refractivity contribution in [2.45, 2.75) is 19.2 Å². The molecule has 0 spiro atoms. The van der Waals surface area contributed by atoms with Crippen molar-refractivity contribution in [1.29, 1.82) is 0 Å². The fourth-order valence-electron chi connectivity index (χ4n) is 3.29. The third-order valence-electron chi connectivity index (χ3n) is 4.79. The van der Waals surface area contributed by atoms with Crippen LogP contribution in [-0.2, 0) is 16.1 Å². The van der Waals surface area contributed by atoms with Crippen LogP contribution in [0.15, 0.2) is 48.5 Å². The van der Waals surface area contributed by atoms with Crippen molar-refractivity contribution < 1.29 is 23.9 Å². The lowest BCUT2D eigenvalue weighted by atomic mass is 10.1. The normalized spacial score (nSPS) is 18.6. The number of carbonyl (C=O) groups excluding carboxylic acids is 3. The molecule has 4 rings (SSSR count). The van der Waals surface area contributed by atoms with E-state index in [1.807, 2.05) is 30.3 Å². The average molecular weight is 447 g/mol. The van der Waals surface area contributed by atoms with Gasteiger partial charge in [0.15, 0.2) is 6.73 Å². The van der Waals surface area contributed by atoms with E-state index in [1.54, 1.807) is 23.1 Å². The minimum atomic E-state index is -0.921.